The molecule has 1 aromatic rings. The Labute approximate surface area is 154 Å². The summed E-state index contributed by atoms with van der Waals surface area (Å²) in [6.45, 7) is 7.34. The maximum Gasteiger partial charge on any atom is 0.310 e. The fraction of sp³-hybridized carbons (Fsp3) is 0.611. The van der Waals surface area contributed by atoms with Gasteiger partial charge in [-0.3, -0.25) is 9.79 Å². The summed E-state index contributed by atoms with van der Waals surface area (Å²) in [5, 5.41) is 3.83. The molecule has 0 aliphatic carbocycles. The van der Waals surface area contributed by atoms with Crippen molar-refractivity contribution in [3.8, 4) is 0 Å². The van der Waals surface area contributed by atoms with Gasteiger partial charge in [-0.05, 0) is 44.7 Å². The fourth-order valence-electron chi connectivity index (χ4n) is 2.89. The van der Waals surface area contributed by atoms with Gasteiger partial charge in [-0.1, -0.05) is 17.7 Å². The monoisotopic (exact) mass is 366 g/mol. The number of rotatable bonds is 6. The van der Waals surface area contributed by atoms with Gasteiger partial charge in [-0.25, -0.2) is 4.98 Å². The number of aromatic nitrogens is 1. The number of piperidine rings is 1. The number of ether oxygens (including phenoxy) is 1. The molecule has 1 atom stereocenters. The van der Waals surface area contributed by atoms with Crippen molar-refractivity contribution >= 4 is 23.5 Å². The molecule has 1 fully saturated rings. The molecular weight excluding hydrogens is 340 g/mol. The molecule has 1 aliphatic rings. The van der Waals surface area contributed by atoms with Crippen molar-refractivity contribution in [3.05, 3.63) is 29.0 Å². The molecule has 1 aliphatic heterocycles. The van der Waals surface area contributed by atoms with Gasteiger partial charge in [0.05, 0.1) is 12.5 Å². The molecule has 2 heterocycles. The van der Waals surface area contributed by atoms with E-state index in [0.29, 0.717) is 24.8 Å². The number of esters is 1. The van der Waals surface area contributed by atoms with Gasteiger partial charge in [0, 0.05) is 32.4 Å². The first-order valence-electron chi connectivity index (χ1n) is 8.94. The molecule has 0 amide bonds. The largest absolute Gasteiger partial charge is 0.466 e. The van der Waals surface area contributed by atoms with E-state index in [1.54, 1.807) is 12.3 Å². The van der Waals surface area contributed by atoms with Crippen molar-refractivity contribution < 1.29 is 9.53 Å². The van der Waals surface area contributed by atoms with Crippen molar-refractivity contribution in [2.45, 2.75) is 33.1 Å². The van der Waals surface area contributed by atoms with Crippen LogP contribution in [-0.4, -0.2) is 54.6 Å². The van der Waals surface area contributed by atoms with Crippen LogP contribution in [-0.2, 0) is 16.0 Å². The highest BCUT2D eigenvalue weighted by Gasteiger charge is 2.28. The van der Waals surface area contributed by atoms with E-state index in [-0.39, 0.29) is 11.9 Å². The zero-order valence-corrected chi connectivity index (χ0v) is 15.8. The summed E-state index contributed by atoms with van der Waals surface area (Å²) in [6.07, 6.45) is 4.43. The van der Waals surface area contributed by atoms with Gasteiger partial charge < -0.3 is 15.0 Å². The third-order valence-electron chi connectivity index (χ3n) is 4.13. The number of nitrogens with zero attached hydrogens (tertiary/aromatic N) is 3. The molecule has 6 nitrogen and oxygen atoms in total. The third kappa shape index (κ3) is 6.20. The first kappa shape index (κ1) is 19.5. The van der Waals surface area contributed by atoms with Crippen LogP contribution in [0.1, 0.15) is 32.3 Å². The predicted molar refractivity (Wildman–Crippen MR) is 99.9 cm³/mol. The number of hydrogen-bond acceptors (Lipinski definition) is 4. The Morgan fingerprint density at radius 1 is 1.48 bits per heavy atom. The topological polar surface area (TPSA) is 66.8 Å². The van der Waals surface area contributed by atoms with E-state index in [1.807, 2.05) is 19.9 Å². The fourth-order valence-corrected chi connectivity index (χ4v) is 3.00. The van der Waals surface area contributed by atoms with Crippen molar-refractivity contribution in [2.75, 3.05) is 32.8 Å². The Morgan fingerprint density at radius 2 is 2.32 bits per heavy atom. The third-order valence-corrected chi connectivity index (χ3v) is 4.35. The van der Waals surface area contributed by atoms with Gasteiger partial charge >= 0.3 is 5.97 Å². The summed E-state index contributed by atoms with van der Waals surface area (Å²) in [7, 11) is 0. The first-order valence-corrected chi connectivity index (χ1v) is 9.32. The van der Waals surface area contributed by atoms with E-state index in [2.05, 4.69) is 15.2 Å². The molecule has 7 heteroatoms. The van der Waals surface area contributed by atoms with Crippen LogP contribution in [0, 0.1) is 5.92 Å². The SMILES string of the molecule is CCNC(=NCCc1ccc(Cl)nc1)N1CCC[C@H](C(=O)OCC)C1. The van der Waals surface area contributed by atoms with Crippen LogP contribution >= 0.6 is 11.6 Å². The standard InChI is InChI=1S/C18H27ClN4O2/c1-3-20-18(21-10-9-14-7-8-16(19)22-12-14)23-11-5-6-15(13-23)17(24)25-4-2/h7-8,12,15H,3-6,9-11,13H2,1-2H3,(H,20,21)/t15-/m0/s1. The van der Waals surface area contributed by atoms with Crippen LogP contribution in [0.25, 0.3) is 0 Å². The molecule has 0 saturated carbocycles. The molecule has 25 heavy (non-hydrogen) atoms. The van der Waals surface area contributed by atoms with Gasteiger partial charge in [0.15, 0.2) is 5.96 Å². The number of pyridine rings is 1. The lowest BCUT2D eigenvalue weighted by Crippen LogP contribution is -2.48. The summed E-state index contributed by atoms with van der Waals surface area (Å²) < 4.78 is 5.17. The molecule has 0 radical (unpaired) electrons. The number of aliphatic imine (C=N–C) groups is 1. The van der Waals surface area contributed by atoms with Crippen LogP contribution in [0.5, 0.6) is 0 Å². The second-order valence-corrected chi connectivity index (χ2v) is 6.40. The molecule has 1 aromatic heterocycles. The lowest BCUT2D eigenvalue weighted by atomic mass is 9.98. The summed E-state index contributed by atoms with van der Waals surface area (Å²) in [5.74, 6) is 0.687. The van der Waals surface area contributed by atoms with Crippen LogP contribution < -0.4 is 5.32 Å². The Balaban J connectivity index is 1.95. The lowest BCUT2D eigenvalue weighted by molar-refractivity contribution is -0.149. The number of carbonyl (C=O) groups excluding carboxylic acids is 1. The predicted octanol–water partition coefficient (Wildman–Crippen LogP) is 2.52. The summed E-state index contributed by atoms with van der Waals surface area (Å²) in [4.78, 5) is 23.0. The van der Waals surface area contributed by atoms with Crippen LogP contribution in [0.4, 0.5) is 0 Å². The van der Waals surface area contributed by atoms with Crippen molar-refractivity contribution in [2.24, 2.45) is 10.9 Å². The van der Waals surface area contributed by atoms with Crippen LogP contribution in [0.15, 0.2) is 23.3 Å². The van der Waals surface area contributed by atoms with Gasteiger partial charge in [0.25, 0.3) is 0 Å². The Kier molecular flexibility index (Phi) is 7.98. The van der Waals surface area contributed by atoms with E-state index in [4.69, 9.17) is 21.3 Å². The minimum Gasteiger partial charge on any atom is -0.466 e. The van der Waals surface area contributed by atoms with Gasteiger partial charge in [-0.2, -0.15) is 0 Å². The van der Waals surface area contributed by atoms with Gasteiger partial charge in [0.1, 0.15) is 5.15 Å². The average molecular weight is 367 g/mol. The van der Waals surface area contributed by atoms with Crippen molar-refractivity contribution in [1.29, 1.82) is 0 Å². The highest BCUT2D eigenvalue weighted by atomic mass is 35.5. The maximum absolute atomic E-state index is 12.0. The molecular formula is C18H27ClN4O2. The van der Waals surface area contributed by atoms with Gasteiger partial charge in [-0.15, -0.1) is 0 Å². The van der Waals surface area contributed by atoms with Gasteiger partial charge in [0.2, 0.25) is 0 Å². The summed E-state index contributed by atoms with van der Waals surface area (Å²) in [5.41, 5.74) is 1.10. The summed E-state index contributed by atoms with van der Waals surface area (Å²) >= 11 is 5.81. The number of hydrogen-bond donors (Lipinski definition) is 1. The second kappa shape index (κ2) is 10.2. The van der Waals surface area contributed by atoms with Crippen LogP contribution in [0.2, 0.25) is 5.15 Å². The van der Waals surface area contributed by atoms with Crippen molar-refractivity contribution in [1.82, 2.24) is 15.2 Å². The smallest absolute Gasteiger partial charge is 0.310 e. The minimum absolute atomic E-state index is 0.0713. The first-order chi connectivity index (χ1) is 12.1. The molecule has 0 aromatic carbocycles. The molecule has 1 N–H and O–H groups in total. The molecule has 2 rings (SSSR count). The Morgan fingerprint density at radius 3 is 3.00 bits per heavy atom. The molecule has 138 valence electrons. The van der Waals surface area contributed by atoms with E-state index in [9.17, 15) is 4.79 Å². The quantitative estimate of drug-likeness (QED) is 0.362. The highest BCUT2D eigenvalue weighted by Crippen LogP contribution is 2.18. The summed E-state index contributed by atoms with van der Waals surface area (Å²) in [6, 6.07) is 3.76. The second-order valence-electron chi connectivity index (χ2n) is 6.01. The molecule has 1 saturated heterocycles. The number of nitrogens with one attached hydrogen (secondary N) is 1. The molecule has 0 spiro atoms. The maximum atomic E-state index is 12.0. The minimum atomic E-state index is -0.102. The molecule has 0 unspecified atom stereocenters. The number of likely N-dealkylation sites (tertiary alicyclic amines) is 1. The van der Waals surface area contributed by atoms with Crippen molar-refractivity contribution in [3.63, 3.8) is 0 Å². The molecule has 0 bridgehead atoms. The number of guanidine groups is 1. The Bertz CT molecular complexity index is 577. The van der Waals surface area contributed by atoms with E-state index < -0.39 is 0 Å². The van der Waals surface area contributed by atoms with E-state index in [0.717, 1.165) is 43.9 Å². The number of carbonyl (C=O) groups is 1. The highest BCUT2D eigenvalue weighted by molar-refractivity contribution is 6.29. The van der Waals surface area contributed by atoms with Crippen LogP contribution in [0.3, 0.4) is 0 Å². The number of halogens is 1. The normalized spacial score (nSPS) is 18.1. The zero-order valence-electron chi connectivity index (χ0n) is 15.0. The lowest BCUT2D eigenvalue weighted by Gasteiger charge is -2.34. The Hall–Kier alpha value is -1.82. The van der Waals surface area contributed by atoms with E-state index >= 15 is 0 Å². The van der Waals surface area contributed by atoms with E-state index in [1.165, 1.54) is 0 Å². The zero-order chi connectivity index (χ0) is 18.1. The average Bonchev–Trinajstić information content (AvgIpc) is 2.63.